The molecule has 0 aromatic heterocycles. The van der Waals surface area contributed by atoms with Crippen LogP contribution in [0, 0.1) is 5.92 Å². The van der Waals surface area contributed by atoms with E-state index in [0.29, 0.717) is 0 Å². The lowest BCUT2D eigenvalue weighted by Crippen LogP contribution is -2.48. The molecule has 0 aliphatic carbocycles. The molecule has 144 valence electrons. The number of hydrogen-bond acceptors (Lipinski definition) is 3. The van der Waals surface area contributed by atoms with Crippen molar-refractivity contribution in [3.05, 3.63) is 35.4 Å². The quantitative estimate of drug-likeness (QED) is 0.825. The Morgan fingerprint density at radius 2 is 1.62 bits per heavy atom. The van der Waals surface area contributed by atoms with E-state index >= 15 is 0 Å². The second-order valence-corrected chi connectivity index (χ2v) is 7.65. The molecule has 1 aliphatic rings. The maximum absolute atomic E-state index is 12.5. The smallest absolute Gasteiger partial charge is 0.348 e. The largest absolute Gasteiger partial charge is 0.416 e. The van der Waals surface area contributed by atoms with E-state index in [4.69, 9.17) is 0 Å². The summed E-state index contributed by atoms with van der Waals surface area (Å²) in [5, 5.41) is 2.62. The van der Waals surface area contributed by atoms with Gasteiger partial charge in [-0.1, -0.05) is 12.1 Å². The molecule has 1 aromatic carbocycles. The van der Waals surface area contributed by atoms with Gasteiger partial charge in [0.1, 0.15) is 0 Å². The minimum Gasteiger partial charge on any atom is -0.348 e. The Balaban J connectivity index is 1.83. The Bertz CT molecular complexity index is 640. The molecule has 1 aliphatic heterocycles. The van der Waals surface area contributed by atoms with E-state index in [9.17, 15) is 22.8 Å². The zero-order chi connectivity index (χ0) is 19.5. The first-order valence-corrected chi connectivity index (χ1v) is 8.71. The highest BCUT2D eigenvalue weighted by Crippen LogP contribution is 2.29. The summed E-state index contributed by atoms with van der Waals surface area (Å²) in [5.41, 5.74) is -0.579. The summed E-state index contributed by atoms with van der Waals surface area (Å²) in [6.45, 7) is 7.86. The second-order valence-electron chi connectivity index (χ2n) is 7.65. The zero-order valence-electron chi connectivity index (χ0n) is 15.3. The molecule has 7 heteroatoms. The highest BCUT2D eigenvalue weighted by molar-refractivity contribution is 5.99. The Kier molecular flexibility index (Phi) is 6.11. The van der Waals surface area contributed by atoms with Crippen LogP contribution in [-0.4, -0.2) is 41.8 Å². The van der Waals surface area contributed by atoms with E-state index in [1.807, 2.05) is 0 Å². The minimum atomic E-state index is -4.43. The molecule has 1 saturated heterocycles. The average molecular weight is 370 g/mol. The summed E-state index contributed by atoms with van der Waals surface area (Å²) < 4.78 is 37.6. The van der Waals surface area contributed by atoms with Crippen LogP contribution in [0.15, 0.2) is 24.3 Å². The van der Waals surface area contributed by atoms with Gasteiger partial charge < -0.3 is 5.32 Å². The molecule has 0 unspecified atom stereocenters. The third-order valence-electron chi connectivity index (χ3n) is 4.77. The number of nitrogens with one attached hydrogen (secondary N) is 1. The number of carbonyl (C=O) groups excluding carboxylic acids is 2. The second kappa shape index (κ2) is 7.78. The summed E-state index contributed by atoms with van der Waals surface area (Å²) in [6.07, 6.45) is -2.97. The Morgan fingerprint density at radius 3 is 2.08 bits per heavy atom. The SMILES string of the molecule is CC(C)(C)N1CCC(C(=O)NCC(=O)c2ccc(C(F)(F)F)cc2)CC1. The molecule has 1 heterocycles. The minimum absolute atomic E-state index is 0.0694. The molecule has 0 atom stereocenters. The van der Waals surface area contributed by atoms with Gasteiger partial charge in [-0.15, -0.1) is 0 Å². The van der Waals surface area contributed by atoms with Crippen LogP contribution < -0.4 is 5.32 Å². The van der Waals surface area contributed by atoms with Crippen molar-refractivity contribution < 1.29 is 22.8 Å². The zero-order valence-corrected chi connectivity index (χ0v) is 15.3. The molecule has 26 heavy (non-hydrogen) atoms. The number of piperidine rings is 1. The summed E-state index contributed by atoms with van der Waals surface area (Å²) in [4.78, 5) is 26.6. The van der Waals surface area contributed by atoms with Crippen molar-refractivity contribution in [2.75, 3.05) is 19.6 Å². The summed E-state index contributed by atoms with van der Waals surface area (Å²) in [7, 11) is 0. The number of halogens is 3. The molecule has 0 radical (unpaired) electrons. The molecule has 1 amide bonds. The van der Waals surface area contributed by atoms with Crippen molar-refractivity contribution >= 4 is 11.7 Å². The molecule has 4 nitrogen and oxygen atoms in total. The molecular formula is C19H25F3N2O2. The normalized spacial score (nSPS) is 17.2. The fourth-order valence-corrected chi connectivity index (χ4v) is 3.07. The number of nitrogens with zero attached hydrogens (tertiary/aromatic N) is 1. The van der Waals surface area contributed by atoms with Gasteiger partial charge in [-0.25, -0.2) is 0 Å². The van der Waals surface area contributed by atoms with Gasteiger partial charge in [0.2, 0.25) is 5.91 Å². The van der Waals surface area contributed by atoms with Gasteiger partial charge in [0.25, 0.3) is 0 Å². The maximum atomic E-state index is 12.5. The van der Waals surface area contributed by atoms with E-state index in [1.54, 1.807) is 0 Å². The van der Waals surface area contributed by atoms with Crippen molar-refractivity contribution in [3.8, 4) is 0 Å². The van der Waals surface area contributed by atoms with Crippen LogP contribution in [0.5, 0.6) is 0 Å². The van der Waals surface area contributed by atoms with Gasteiger partial charge in [0, 0.05) is 17.0 Å². The fraction of sp³-hybridized carbons (Fsp3) is 0.579. The summed E-state index contributed by atoms with van der Waals surface area (Å²) in [6, 6.07) is 4.02. The van der Waals surface area contributed by atoms with Crippen molar-refractivity contribution in [1.29, 1.82) is 0 Å². The van der Waals surface area contributed by atoms with Crippen LogP contribution in [0.2, 0.25) is 0 Å². The van der Waals surface area contributed by atoms with E-state index in [0.717, 1.165) is 50.2 Å². The van der Waals surface area contributed by atoms with Gasteiger partial charge in [0.05, 0.1) is 12.1 Å². The average Bonchev–Trinajstić information content (AvgIpc) is 2.58. The van der Waals surface area contributed by atoms with Gasteiger partial charge >= 0.3 is 6.18 Å². The molecule has 1 N–H and O–H groups in total. The van der Waals surface area contributed by atoms with E-state index in [2.05, 4.69) is 31.0 Å². The first kappa shape index (κ1) is 20.4. The van der Waals surface area contributed by atoms with E-state index in [1.165, 1.54) is 0 Å². The number of hydrogen-bond donors (Lipinski definition) is 1. The number of benzene rings is 1. The first-order chi connectivity index (χ1) is 12.0. The number of amides is 1. The number of carbonyl (C=O) groups is 2. The molecule has 0 spiro atoms. The lowest BCUT2D eigenvalue weighted by atomic mass is 9.92. The van der Waals surface area contributed by atoms with Gasteiger partial charge in [-0.2, -0.15) is 13.2 Å². The molecule has 1 aromatic rings. The lowest BCUT2D eigenvalue weighted by molar-refractivity contribution is -0.137. The number of Topliss-reactive ketones (excluding diaryl/α,β-unsaturated/α-hetero) is 1. The summed E-state index contributed by atoms with van der Waals surface area (Å²) in [5.74, 6) is -0.702. The molecule has 0 saturated carbocycles. The third-order valence-corrected chi connectivity index (χ3v) is 4.77. The third kappa shape index (κ3) is 5.30. The molecule has 2 rings (SSSR count). The van der Waals surface area contributed by atoms with Gasteiger partial charge in [-0.05, 0) is 58.8 Å². The highest BCUT2D eigenvalue weighted by Gasteiger charge is 2.31. The van der Waals surface area contributed by atoms with Crippen molar-refractivity contribution in [2.45, 2.75) is 45.3 Å². The predicted octanol–water partition coefficient (Wildman–Crippen LogP) is 3.51. The Morgan fingerprint density at radius 1 is 1.08 bits per heavy atom. The predicted molar refractivity (Wildman–Crippen MR) is 92.8 cm³/mol. The van der Waals surface area contributed by atoms with Crippen molar-refractivity contribution in [1.82, 2.24) is 10.2 Å². The van der Waals surface area contributed by atoms with Crippen LogP contribution in [0.3, 0.4) is 0 Å². The van der Waals surface area contributed by atoms with Gasteiger partial charge in [0.15, 0.2) is 5.78 Å². The van der Waals surface area contributed by atoms with Crippen LogP contribution in [0.1, 0.15) is 49.5 Å². The summed E-state index contributed by atoms with van der Waals surface area (Å²) >= 11 is 0. The van der Waals surface area contributed by atoms with Crippen molar-refractivity contribution in [3.63, 3.8) is 0 Å². The van der Waals surface area contributed by atoms with E-state index in [-0.39, 0.29) is 29.5 Å². The number of rotatable bonds is 4. The maximum Gasteiger partial charge on any atom is 0.416 e. The van der Waals surface area contributed by atoms with Crippen LogP contribution >= 0.6 is 0 Å². The van der Waals surface area contributed by atoms with Crippen LogP contribution in [-0.2, 0) is 11.0 Å². The number of likely N-dealkylation sites (tertiary alicyclic amines) is 1. The number of alkyl halides is 3. The highest BCUT2D eigenvalue weighted by atomic mass is 19.4. The van der Waals surface area contributed by atoms with Crippen LogP contribution in [0.4, 0.5) is 13.2 Å². The lowest BCUT2D eigenvalue weighted by Gasteiger charge is -2.40. The van der Waals surface area contributed by atoms with Crippen LogP contribution in [0.25, 0.3) is 0 Å². The first-order valence-electron chi connectivity index (χ1n) is 8.71. The van der Waals surface area contributed by atoms with E-state index < -0.39 is 17.5 Å². The molecular weight excluding hydrogens is 345 g/mol. The molecule has 1 fully saturated rings. The topological polar surface area (TPSA) is 49.4 Å². The molecule has 0 bridgehead atoms. The Hall–Kier alpha value is -1.89. The van der Waals surface area contributed by atoms with Gasteiger partial charge in [-0.3, -0.25) is 14.5 Å². The fourth-order valence-electron chi connectivity index (χ4n) is 3.07. The standard InChI is InChI=1S/C19H25F3N2O2/c1-18(2,3)24-10-8-14(9-11-24)17(26)23-12-16(25)13-4-6-15(7-5-13)19(20,21)22/h4-7,14H,8-12H2,1-3H3,(H,23,26). The Labute approximate surface area is 151 Å². The monoisotopic (exact) mass is 370 g/mol. The van der Waals surface area contributed by atoms with Crippen molar-refractivity contribution in [2.24, 2.45) is 5.92 Å². The number of ketones is 1.